The van der Waals surface area contributed by atoms with Crippen molar-refractivity contribution in [1.29, 1.82) is 0 Å². The first-order valence-corrected chi connectivity index (χ1v) is 11.9. The van der Waals surface area contributed by atoms with E-state index < -0.39 is 0 Å². The molecule has 0 aromatic heterocycles. The van der Waals surface area contributed by atoms with E-state index in [-0.39, 0.29) is 5.41 Å². The molecule has 1 saturated carbocycles. The highest BCUT2D eigenvalue weighted by atomic mass is 16.5. The highest BCUT2D eigenvalue weighted by Crippen LogP contribution is 2.35. The van der Waals surface area contributed by atoms with Gasteiger partial charge in [0.25, 0.3) is 0 Å². The van der Waals surface area contributed by atoms with E-state index in [1.165, 1.54) is 57.1 Å². The van der Waals surface area contributed by atoms with Crippen LogP contribution in [0.25, 0.3) is 0 Å². The summed E-state index contributed by atoms with van der Waals surface area (Å²) in [6.07, 6.45) is 9.78. The van der Waals surface area contributed by atoms with Gasteiger partial charge in [0.2, 0.25) is 0 Å². The maximum Gasteiger partial charge on any atom is 0.119 e. The van der Waals surface area contributed by atoms with Crippen LogP contribution in [0, 0.1) is 11.8 Å². The summed E-state index contributed by atoms with van der Waals surface area (Å²) >= 11 is 0. The van der Waals surface area contributed by atoms with Crippen LogP contribution in [0.1, 0.15) is 92.1 Å². The fraction of sp³-hybridized carbons (Fsp3) is 0.769. The molecule has 1 heterocycles. The minimum absolute atomic E-state index is 0.233. The summed E-state index contributed by atoms with van der Waals surface area (Å²) in [4.78, 5) is 2.72. The lowest BCUT2D eigenvalue weighted by molar-refractivity contribution is 0.0501. The summed E-state index contributed by atoms with van der Waals surface area (Å²) in [7, 11) is 0. The van der Waals surface area contributed by atoms with Gasteiger partial charge in [0.05, 0.1) is 0 Å². The third-order valence-corrected chi connectivity index (χ3v) is 6.56. The molecule has 3 rings (SSSR count). The van der Waals surface area contributed by atoms with Gasteiger partial charge in [-0.15, -0.1) is 0 Å². The predicted octanol–water partition coefficient (Wildman–Crippen LogP) is 7.07. The molecule has 1 aromatic carbocycles. The van der Waals surface area contributed by atoms with Crippen molar-refractivity contribution in [3.8, 4) is 5.75 Å². The van der Waals surface area contributed by atoms with Crippen LogP contribution < -0.4 is 4.74 Å². The van der Waals surface area contributed by atoms with Crippen molar-refractivity contribution in [3.63, 3.8) is 0 Å². The molecule has 2 nitrogen and oxygen atoms in total. The Kier molecular flexibility index (Phi) is 9.34. The largest absolute Gasteiger partial charge is 0.492 e. The number of hydrogen-bond acceptors (Lipinski definition) is 2. The van der Waals surface area contributed by atoms with E-state index in [2.05, 4.69) is 56.9 Å². The molecule has 0 bridgehead atoms. The molecule has 28 heavy (non-hydrogen) atoms. The molecular formula is C26H45NO. The van der Waals surface area contributed by atoms with Crippen LogP contribution in [0.5, 0.6) is 5.75 Å². The topological polar surface area (TPSA) is 12.5 Å². The SMILES string of the molecule is CC.CC(C)CC(C)(C)c1ccc(OCCN2CCCC3CCCCC32)cc1. The molecular weight excluding hydrogens is 342 g/mol. The molecule has 2 atom stereocenters. The van der Waals surface area contributed by atoms with Gasteiger partial charge in [-0.25, -0.2) is 0 Å². The Labute approximate surface area is 175 Å². The number of rotatable bonds is 7. The van der Waals surface area contributed by atoms with Crippen molar-refractivity contribution in [2.75, 3.05) is 19.7 Å². The highest BCUT2D eigenvalue weighted by Gasteiger charge is 2.32. The van der Waals surface area contributed by atoms with E-state index in [0.29, 0.717) is 5.92 Å². The summed E-state index contributed by atoms with van der Waals surface area (Å²) < 4.78 is 6.10. The summed E-state index contributed by atoms with van der Waals surface area (Å²) in [5.74, 6) is 2.69. The molecule has 0 N–H and O–H groups in total. The minimum Gasteiger partial charge on any atom is -0.492 e. The average molecular weight is 388 g/mol. The van der Waals surface area contributed by atoms with Crippen LogP contribution in [-0.2, 0) is 5.41 Å². The van der Waals surface area contributed by atoms with Crippen LogP contribution in [0.15, 0.2) is 24.3 Å². The van der Waals surface area contributed by atoms with Gasteiger partial charge in [0.15, 0.2) is 0 Å². The predicted molar refractivity (Wildman–Crippen MR) is 122 cm³/mol. The van der Waals surface area contributed by atoms with Crippen LogP contribution in [0.2, 0.25) is 0 Å². The van der Waals surface area contributed by atoms with Crippen LogP contribution in [-0.4, -0.2) is 30.6 Å². The van der Waals surface area contributed by atoms with Crippen molar-refractivity contribution < 1.29 is 4.74 Å². The fourth-order valence-corrected chi connectivity index (χ4v) is 5.43. The van der Waals surface area contributed by atoms with Gasteiger partial charge in [-0.1, -0.05) is 66.5 Å². The molecule has 1 aliphatic heterocycles. The second kappa shape index (κ2) is 11.2. The molecule has 2 heteroatoms. The van der Waals surface area contributed by atoms with Gasteiger partial charge < -0.3 is 4.74 Å². The Bertz CT molecular complexity index is 546. The number of ether oxygens (including phenoxy) is 1. The number of hydrogen-bond donors (Lipinski definition) is 0. The second-order valence-electron chi connectivity index (χ2n) is 9.64. The van der Waals surface area contributed by atoms with Gasteiger partial charge >= 0.3 is 0 Å². The standard InChI is InChI=1S/C24H39NO.C2H6/c1-19(2)18-24(3,4)21-11-13-22(14-12-21)26-17-16-25-15-7-9-20-8-5-6-10-23(20)25;1-2/h11-14,19-20,23H,5-10,15-18H2,1-4H3;1-2H3. The van der Waals surface area contributed by atoms with Crippen LogP contribution in [0.3, 0.4) is 0 Å². The zero-order valence-corrected chi connectivity index (χ0v) is 19.5. The van der Waals surface area contributed by atoms with Gasteiger partial charge in [-0.2, -0.15) is 0 Å². The smallest absolute Gasteiger partial charge is 0.119 e. The molecule has 160 valence electrons. The molecule has 2 aliphatic rings. The molecule has 2 fully saturated rings. The minimum atomic E-state index is 0.233. The lowest BCUT2D eigenvalue weighted by atomic mass is 9.78. The number of fused-ring (bicyclic) bond motifs is 1. The van der Waals surface area contributed by atoms with Crippen LogP contribution in [0.4, 0.5) is 0 Å². The summed E-state index contributed by atoms with van der Waals surface area (Å²) in [5.41, 5.74) is 1.65. The first kappa shape index (κ1) is 23.3. The van der Waals surface area contributed by atoms with Crippen molar-refractivity contribution in [3.05, 3.63) is 29.8 Å². The van der Waals surface area contributed by atoms with E-state index in [9.17, 15) is 0 Å². The lowest BCUT2D eigenvalue weighted by Gasteiger charge is -2.44. The monoisotopic (exact) mass is 387 g/mol. The van der Waals surface area contributed by atoms with Crippen molar-refractivity contribution >= 4 is 0 Å². The maximum atomic E-state index is 6.10. The van der Waals surface area contributed by atoms with Gasteiger partial charge in [-0.3, -0.25) is 4.90 Å². The molecule has 0 radical (unpaired) electrons. The first-order valence-electron chi connectivity index (χ1n) is 11.9. The Morgan fingerprint density at radius 1 is 1.00 bits per heavy atom. The number of nitrogens with zero attached hydrogens (tertiary/aromatic N) is 1. The normalized spacial score (nSPS) is 23.0. The fourth-order valence-electron chi connectivity index (χ4n) is 5.43. The average Bonchev–Trinajstić information content (AvgIpc) is 2.69. The zero-order chi connectivity index (χ0) is 20.6. The Morgan fingerprint density at radius 2 is 1.64 bits per heavy atom. The number of piperidine rings is 1. The maximum absolute atomic E-state index is 6.10. The Hall–Kier alpha value is -1.02. The molecule has 1 aromatic rings. The summed E-state index contributed by atoms with van der Waals surface area (Å²) in [6.45, 7) is 16.5. The lowest BCUT2D eigenvalue weighted by Crippen LogP contribution is -2.48. The van der Waals surface area contributed by atoms with E-state index in [0.717, 1.165) is 30.9 Å². The third kappa shape index (κ3) is 6.51. The number of likely N-dealkylation sites (tertiary alicyclic amines) is 1. The van der Waals surface area contributed by atoms with Gasteiger partial charge in [-0.05, 0) is 73.6 Å². The Morgan fingerprint density at radius 3 is 2.32 bits per heavy atom. The molecule has 0 amide bonds. The van der Waals surface area contributed by atoms with Crippen molar-refractivity contribution in [2.45, 2.75) is 97.9 Å². The highest BCUT2D eigenvalue weighted by molar-refractivity contribution is 5.31. The molecule has 1 saturated heterocycles. The Balaban J connectivity index is 0.00000136. The van der Waals surface area contributed by atoms with Crippen LogP contribution >= 0.6 is 0 Å². The van der Waals surface area contributed by atoms with Crippen molar-refractivity contribution in [2.24, 2.45) is 11.8 Å². The molecule has 2 unspecified atom stereocenters. The van der Waals surface area contributed by atoms with E-state index in [1.54, 1.807) is 0 Å². The first-order chi connectivity index (χ1) is 13.5. The zero-order valence-electron chi connectivity index (χ0n) is 19.5. The quantitative estimate of drug-likeness (QED) is 0.496. The second-order valence-corrected chi connectivity index (χ2v) is 9.64. The van der Waals surface area contributed by atoms with Gasteiger partial charge in [0, 0.05) is 12.6 Å². The van der Waals surface area contributed by atoms with E-state index in [1.807, 2.05) is 13.8 Å². The summed E-state index contributed by atoms with van der Waals surface area (Å²) in [5, 5.41) is 0. The van der Waals surface area contributed by atoms with E-state index in [4.69, 9.17) is 4.74 Å². The van der Waals surface area contributed by atoms with Crippen molar-refractivity contribution in [1.82, 2.24) is 4.90 Å². The molecule has 1 aliphatic carbocycles. The molecule has 0 spiro atoms. The number of benzene rings is 1. The third-order valence-electron chi connectivity index (χ3n) is 6.56. The summed E-state index contributed by atoms with van der Waals surface area (Å²) in [6, 6.07) is 9.68. The van der Waals surface area contributed by atoms with E-state index >= 15 is 0 Å². The van der Waals surface area contributed by atoms with Gasteiger partial charge in [0.1, 0.15) is 12.4 Å².